The quantitative estimate of drug-likeness (QED) is 0.917. The van der Waals surface area contributed by atoms with Crippen molar-refractivity contribution in [3.05, 3.63) is 51.6 Å². The Morgan fingerprint density at radius 3 is 2.83 bits per heavy atom. The summed E-state index contributed by atoms with van der Waals surface area (Å²) in [5, 5.41) is 3.33. The minimum Gasteiger partial charge on any atom is -0.444 e. The van der Waals surface area contributed by atoms with Gasteiger partial charge in [0, 0.05) is 17.4 Å². The summed E-state index contributed by atoms with van der Waals surface area (Å²) in [6.45, 7) is 5.63. The summed E-state index contributed by atoms with van der Waals surface area (Å²) in [6, 6.07) is 6.36. The van der Waals surface area contributed by atoms with E-state index >= 15 is 0 Å². The van der Waals surface area contributed by atoms with E-state index in [1.165, 1.54) is 11.1 Å². The zero-order chi connectivity index (χ0) is 13.0. The third-order valence-corrected chi connectivity index (χ3v) is 3.67. The number of hydrogen-bond donors (Lipinski definition) is 1. The van der Waals surface area contributed by atoms with Crippen LogP contribution >= 0.6 is 15.9 Å². The van der Waals surface area contributed by atoms with E-state index in [0.29, 0.717) is 6.54 Å². The summed E-state index contributed by atoms with van der Waals surface area (Å²) in [6.07, 6.45) is 2.68. The lowest BCUT2D eigenvalue weighted by atomic mass is 10.1. The number of oxazole rings is 1. The standard InChI is InChI=1S/C14H17BrN2O/c1-3-12-8-17-14(18-12)9-16-7-11-4-5-13(15)10(2)6-11/h4-6,8,16H,3,7,9H2,1-2H3. The van der Waals surface area contributed by atoms with Crippen LogP contribution in [0, 0.1) is 6.92 Å². The molecule has 0 atom stereocenters. The fourth-order valence-electron chi connectivity index (χ4n) is 1.72. The molecule has 0 aliphatic heterocycles. The van der Waals surface area contributed by atoms with Crippen molar-refractivity contribution >= 4 is 15.9 Å². The van der Waals surface area contributed by atoms with Crippen LogP contribution in [0.5, 0.6) is 0 Å². The Hall–Kier alpha value is -1.13. The number of aryl methyl sites for hydroxylation is 2. The molecule has 0 bridgehead atoms. The highest BCUT2D eigenvalue weighted by molar-refractivity contribution is 9.10. The highest BCUT2D eigenvalue weighted by Crippen LogP contribution is 2.17. The molecule has 1 aromatic heterocycles. The van der Waals surface area contributed by atoms with Crippen LogP contribution in [0.2, 0.25) is 0 Å². The fourth-order valence-corrected chi connectivity index (χ4v) is 1.97. The van der Waals surface area contributed by atoms with Crippen molar-refractivity contribution < 1.29 is 4.42 Å². The van der Waals surface area contributed by atoms with Gasteiger partial charge in [0.25, 0.3) is 0 Å². The lowest BCUT2D eigenvalue weighted by molar-refractivity contribution is 0.439. The summed E-state index contributed by atoms with van der Waals surface area (Å²) in [7, 11) is 0. The van der Waals surface area contributed by atoms with Gasteiger partial charge in [-0.15, -0.1) is 0 Å². The minimum atomic E-state index is 0.662. The monoisotopic (exact) mass is 308 g/mol. The molecule has 0 unspecified atom stereocenters. The van der Waals surface area contributed by atoms with Gasteiger partial charge in [-0.25, -0.2) is 4.98 Å². The van der Waals surface area contributed by atoms with E-state index in [1.807, 2.05) is 0 Å². The Morgan fingerprint density at radius 1 is 1.33 bits per heavy atom. The zero-order valence-electron chi connectivity index (χ0n) is 10.7. The number of rotatable bonds is 5. The molecule has 3 nitrogen and oxygen atoms in total. The highest BCUT2D eigenvalue weighted by atomic mass is 79.9. The van der Waals surface area contributed by atoms with Crippen LogP contribution in [0.4, 0.5) is 0 Å². The number of benzene rings is 1. The molecule has 96 valence electrons. The molecule has 0 aliphatic carbocycles. The topological polar surface area (TPSA) is 38.1 Å². The van der Waals surface area contributed by atoms with Gasteiger partial charge in [-0.1, -0.05) is 35.0 Å². The molecular weight excluding hydrogens is 292 g/mol. The average Bonchev–Trinajstić information content (AvgIpc) is 2.82. The van der Waals surface area contributed by atoms with Crippen molar-refractivity contribution in [3.8, 4) is 0 Å². The molecular formula is C14H17BrN2O. The molecule has 0 radical (unpaired) electrons. The van der Waals surface area contributed by atoms with E-state index in [1.54, 1.807) is 6.20 Å². The number of aromatic nitrogens is 1. The van der Waals surface area contributed by atoms with Gasteiger partial charge >= 0.3 is 0 Å². The Balaban J connectivity index is 1.86. The van der Waals surface area contributed by atoms with Crippen molar-refractivity contribution in [1.29, 1.82) is 0 Å². The molecule has 0 saturated carbocycles. The molecule has 4 heteroatoms. The number of nitrogens with one attached hydrogen (secondary N) is 1. The molecule has 1 heterocycles. The maximum Gasteiger partial charge on any atom is 0.208 e. The molecule has 1 aromatic carbocycles. The first-order valence-electron chi connectivity index (χ1n) is 6.08. The van der Waals surface area contributed by atoms with Crippen LogP contribution < -0.4 is 5.32 Å². The van der Waals surface area contributed by atoms with Crippen LogP contribution in [-0.4, -0.2) is 4.98 Å². The van der Waals surface area contributed by atoms with E-state index in [9.17, 15) is 0 Å². The molecule has 0 saturated heterocycles. The minimum absolute atomic E-state index is 0.662. The summed E-state index contributed by atoms with van der Waals surface area (Å²) < 4.78 is 6.68. The van der Waals surface area contributed by atoms with Gasteiger partial charge in [0.05, 0.1) is 12.7 Å². The van der Waals surface area contributed by atoms with E-state index in [-0.39, 0.29) is 0 Å². The predicted molar refractivity (Wildman–Crippen MR) is 75.3 cm³/mol. The molecule has 2 rings (SSSR count). The van der Waals surface area contributed by atoms with Crippen molar-refractivity contribution in [2.24, 2.45) is 0 Å². The fraction of sp³-hybridized carbons (Fsp3) is 0.357. The second-order valence-electron chi connectivity index (χ2n) is 4.26. The smallest absolute Gasteiger partial charge is 0.208 e. The third-order valence-electron chi connectivity index (χ3n) is 2.78. The Kier molecular flexibility index (Phi) is 4.55. The van der Waals surface area contributed by atoms with Crippen molar-refractivity contribution in [2.75, 3.05) is 0 Å². The Bertz CT molecular complexity index is 522. The van der Waals surface area contributed by atoms with Crippen molar-refractivity contribution in [2.45, 2.75) is 33.4 Å². The van der Waals surface area contributed by atoms with Crippen molar-refractivity contribution in [1.82, 2.24) is 10.3 Å². The van der Waals surface area contributed by atoms with Gasteiger partial charge in [-0.2, -0.15) is 0 Å². The molecule has 0 amide bonds. The Morgan fingerprint density at radius 2 is 2.17 bits per heavy atom. The zero-order valence-corrected chi connectivity index (χ0v) is 12.3. The lowest BCUT2D eigenvalue weighted by Crippen LogP contribution is -2.12. The van der Waals surface area contributed by atoms with Gasteiger partial charge in [-0.3, -0.25) is 0 Å². The van der Waals surface area contributed by atoms with Gasteiger partial charge in [0.15, 0.2) is 0 Å². The van der Waals surface area contributed by atoms with E-state index in [4.69, 9.17) is 4.42 Å². The second-order valence-corrected chi connectivity index (χ2v) is 5.12. The maximum atomic E-state index is 5.53. The summed E-state index contributed by atoms with van der Waals surface area (Å²) in [5.74, 6) is 1.69. The first kappa shape index (κ1) is 13.3. The van der Waals surface area contributed by atoms with Crippen LogP contribution in [0.1, 0.15) is 29.7 Å². The summed E-state index contributed by atoms with van der Waals surface area (Å²) in [5.41, 5.74) is 2.51. The van der Waals surface area contributed by atoms with Crippen molar-refractivity contribution in [3.63, 3.8) is 0 Å². The van der Waals surface area contributed by atoms with Gasteiger partial charge in [0.1, 0.15) is 5.76 Å². The molecule has 0 aliphatic rings. The normalized spacial score (nSPS) is 10.8. The largest absolute Gasteiger partial charge is 0.444 e. The van der Waals surface area contributed by atoms with Gasteiger partial charge in [-0.05, 0) is 24.1 Å². The van der Waals surface area contributed by atoms with Gasteiger partial charge < -0.3 is 9.73 Å². The molecule has 0 fully saturated rings. The van der Waals surface area contributed by atoms with Crippen LogP contribution in [0.3, 0.4) is 0 Å². The van der Waals surface area contributed by atoms with Crippen LogP contribution in [0.15, 0.2) is 33.3 Å². The van der Waals surface area contributed by atoms with E-state index in [2.05, 4.69) is 58.3 Å². The SMILES string of the molecule is CCc1cnc(CNCc2ccc(Br)c(C)c2)o1. The summed E-state index contributed by atoms with van der Waals surface area (Å²) in [4.78, 5) is 4.21. The van der Waals surface area contributed by atoms with E-state index < -0.39 is 0 Å². The molecule has 0 spiro atoms. The average molecular weight is 309 g/mol. The molecule has 2 aromatic rings. The van der Waals surface area contributed by atoms with Crippen LogP contribution in [-0.2, 0) is 19.5 Å². The predicted octanol–water partition coefficient (Wildman–Crippen LogP) is 3.60. The lowest BCUT2D eigenvalue weighted by Gasteiger charge is -2.05. The third kappa shape index (κ3) is 3.43. The number of hydrogen-bond acceptors (Lipinski definition) is 3. The number of nitrogens with zero attached hydrogens (tertiary/aromatic N) is 1. The molecule has 1 N–H and O–H groups in total. The summed E-state index contributed by atoms with van der Waals surface area (Å²) >= 11 is 3.50. The Labute approximate surface area is 116 Å². The second kappa shape index (κ2) is 6.16. The maximum absolute atomic E-state index is 5.53. The first-order chi connectivity index (χ1) is 8.69. The van der Waals surface area contributed by atoms with Gasteiger partial charge in [0.2, 0.25) is 5.89 Å². The highest BCUT2D eigenvalue weighted by Gasteiger charge is 2.02. The van der Waals surface area contributed by atoms with E-state index in [0.717, 1.165) is 29.1 Å². The molecule has 18 heavy (non-hydrogen) atoms. The number of halogens is 1. The van der Waals surface area contributed by atoms with Crippen LogP contribution in [0.25, 0.3) is 0 Å². The first-order valence-corrected chi connectivity index (χ1v) is 6.87.